The van der Waals surface area contributed by atoms with Crippen LogP contribution in [0.15, 0.2) is 0 Å². The van der Waals surface area contributed by atoms with Gasteiger partial charge >= 0.3 is 5.97 Å². The lowest BCUT2D eigenvalue weighted by atomic mass is 10.0. The van der Waals surface area contributed by atoms with Crippen molar-refractivity contribution >= 4 is 5.97 Å². The number of carbonyl (C=O) groups is 1. The molecular formula is C9H17NO2. The highest BCUT2D eigenvalue weighted by molar-refractivity contribution is 5.66. The number of carbonyl (C=O) groups excluding carboxylic acids is 1. The summed E-state index contributed by atoms with van der Waals surface area (Å²) in [6, 6.07) is 0.364. The maximum Gasteiger partial charge on any atom is 0.302 e. The molecule has 12 heavy (non-hydrogen) atoms. The monoisotopic (exact) mass is 171 g/mol. The lowest BCUT2D eigenvalue weighted by Gasteiger charge is -2.28. The number of rotatable bonds is 2. The molecule has 0 aromatic heterocycles. The van der Waals surface area contributed by atoms with Crippen LogP contribution in [0.2, 0.25) is 0 Å². The van der Waals surface area contributed by atoms with Crippen LogP contribution < -0.4 is 5.32 Å². The van der Waals surface area contributed by atoms with Gasteiger partial charge in [0.05, 0.1) is 0 Å². The molecule has 3 heteroatoms. The molecule has 1 saturated heterocycles. The number of nitrogens with one attached hydrogen (secondary N) is 1. The van der Waals surface area contributed by atoms with E-state index in [9.17, 15) is 4.79 Å². The van der Waals surface area contributed by atoms with Gasteiger partial charge in [-0.15, -0.1) is 0 Å². The largest absolute Gasteiger partial charge is 0.461 e. The average Bonchev–Trinajstić information content (AvgIpc) is 2.05. The molecular weight excluding hydrogens is 154 g/mol. The molecule has 1 heterocycles. The fraction of sp³-hybridized carbons (Fsp3) is 0.889. The van der Waals surface area contributed by atoms with Crippen molar-refractivity contribution in [2.75, 3.05) is 6.54 Å². The number of hydrogen-bond acceptors (Lipinski definition) is 3. The maximum atomic E-state index is 10.6. The zero-order valence-electron chi connectivity index (χ0n) is 7.80. The Labute approximate surface area is 73.5 Å². The molecule has 0 spiro atoms. The minimum Gasteiger partial charge on any atom is -0.461 e. The van der Waals surface area contributed by atoms with Crippen molar-refractivity contribution in [1.29, 1.82) is 0 Å². The molecule has 2 atom stereocenters. The summed E-state index contributed by atoms with van der Waals surface area (Å²) in [7, 11) is 0. The van der Waals surface area contributed by atoms with E-state index in [2.05, 4.69) is 5.32 Å². The van der Waals surface area contributed by atoms with Crippen molar-refractivity contribution in [3.63, 3.8) is 0 Å². The molecule has 1 rings (SSSR count). The molecule has 1 aliphatic heterocycles. The summed E-state index contributed by atoms with van der Waals surface area (Å²) in [5, 5.41) is 3.35. The highest BCUT2D eigenvalue weighted by Gasteiger charge is 2.21. The van der Waals surface area contributed by atoms with Crippen molar-refractivity contribution in [1.82, 2.24) is 5.32 Å². The van der Waals surface area contributed by atoms with Crippen molar-refractivity contribution < 1.29 is 9.53 Å². The molecule has 2 unspecified atom stereocenters. The summed E-state index contributed by atoms with van der Waals surface area (Å²) in [6.45, 7) is 4.46. The summed E-state index contributed by atoms with van der Waals surface area (Å²) in [4.78, 5) is 10.6. The average molecular weight is 171 g/mol. The number of esters is 1. The molecule has 70 valence electrons. The minimum absolute atomic E-state index is 0.0165. The van der Waals surface area contributed by atoms with E-state index in [-0.39, 0.29) is 12.1 Å². The first-order valence-electron chi connectivity index (χ1n) is 4.61. The van der Waals surface area contributed by atoms with Gasteiger partial charge in [-0.25, -0.2) is 0 Å². The van der Waals surface area contributed by atoms with Crippen LogP contribution in [-0.4, -0.2) is 24.7 Å². The predicted molar refractivity (Wildman–Crippen MR) is 46.9 cm³/mol. The van der Waals surface area contributed by atoms with Crippen LogP contribution >= 0.6 is 0 Å². The Morgan fingerprint density at radius 1 is 1.58 bits per heavy atom. The Morgan fingerprint density at radius 2 is 2.33 bits per heavy atom. The lowest BCUT2D eigenvalue weighted by molar-refractivity contribution is -0.147. The van der Waals surface area contributed by atoms with E-state index in [1.165, 1.54) is 19.8 Å². The van der Waals surface area contributed by atoms with Gasteiger partial charge in [-0.3, -0.25) is 4.79 Å². The molecule has 0 aromatic carbocycles. The first-order chi connectivity index (χ1) is 5.70. The van der Waals surface area contributed by atoms with Crippen LogP contribution in [0.25, 0.3) is 0 Å². The highest BCUT2D eigenvalue weighted by atomic mass is 16.5. The van der Waals surface area contributed by atoms with Crippen molar-refractivity contribution in [3.8, 4) is 0 Å². The Balaban J connectivity index is 2.29. The third-order valence-corrected chi connectivity index (χ3v) is 2.27. The summed E-state index contributed by atoms with van der Waals surface area (Å²) in [6.07, 6.45) is 3.61. The predicted octanol–water partition coefficient (Wildman–Crippen LogP) is 1.08. The highest BCUT2D eigenvalue weighted by Crippen LogP contribution is 2.12. The van der Waals surface area contributed by atoms with Gasteiger partial charge in [-0.05, 0) is 26.3 Å². The first kappa shape index (κ1) is 9.52. The number of ether oxygens (including phenoxy) is 1. The van der Waals surface area contributed by atoms with Crippen molar-refractivity contribution in [2.45, 2.75) is 45.3 Å². The van der Waals surface area contributed by atoms with E-state index >= 15 is 0 Å². The second-order valence-corrected chi connectivity index (χ2v) is 3.37. The minimum atomic E-state index is -0.185. The molecule has 1 N–H and O–H groups in total. The molecule has 0 radical (unpaired) electrons. The van der Waals surface area contributed by atoms with Gasteiger partial charge in [0, 0.05) is 13.0 Å². The second-order valence-electron chi connectivity index (χ2n) is 3.37. The zero-order valence-corrected chi connectivity index (χ0v) is 7.80. The second kappa shape index (κ2) is 4.45. The van der Waals surface area contributed by atoms with Crippen molar-refractivity contribution in [2.24, 2.45) is 0 Å². The van der Waals surface area contributed by atoms with Gasteiger partial charge in [0.25, 0.3) is 0 Å². The third kappa shape index (κ3) is 2.81. The molecule has 1 aliphatic rings. The molecule has 0 aromatic rings. The summed E-state index contributed by atoms with van der Waals surface area (Å²) < 4.78 is 5.09. The topological polar surface area (TPSA) is 38.3 Å². The summed E-state index contributed by atoms with van der Waals surface area (Å²) in [5.74, 6) is -0.185. The Hall–Kier alpha value is -0.570. The van der Waals surface area contributed by atoms with E-state index in [1.807, 2.05) is 6.92 Å². The van der Waals surface area contributed by atoms with Crippen LogP contribution in [0, 0.1) is 0 Å². The summed E-state index contributed by atoms with van der Waals surface area (Å²) in [5.41, 5.74) is 0. The van der Waals surface area contributed by atoms with E-state index < -0.39 is 0 Å². The van der Waals surface area contributed by atoms with Gasteiger partial charge < -0.3 is 10.1 Å². The maximum absolute atomic E-state index is 10.6. The van der Waals surface area contributed by atoms with Gasteiger partial charge in [0.1, 0.15) is 6.10 Å². The van der Waals surface area contributed by atoms with Gasteiger partial charge in [-0.1, -0.05) is 6.42 Å². The van der Waals surface area contributed by atoms with Crippen LogP contribution in [0.4, 0.5) is 0 Å². The Morgan fingerprint density at radius 3 is 2.83 bits per heavy atom. The van der Waals surface area contributed by atoms with Gasteiger partial charge in [0.15, 0.2) is 0 Å². The van der Waals surface area contributed by atoms with Crippen LogP contribution in [0.3, 0.4) is 0 Å². The van der Waals surface area contributed by atoms with E-state index in [1.54, 1.807) is 0 Å². The Bertz CT molecular complexity index is 153. The standard InChI is InChI=1S/C9H17NO2/c1-7(12-8(2)11)9-5-3-4-6-10-9/h7,9-10H,3-6H2,1-2H3. The SMILES string of the molecule is CC(=O)OC(C)C1CCCCN1. The van der Waals surface area contributed by atoms with Crippen LogP contribution in [0.5, 0.6) is 0 Å². The van der Waals surface area contributed by atoms with Gasteiger partial charge in [-0.2, -0.15) is 0 Å². The molecule has 0 saturated carbocycles. The molecule has 0 bridgehead atoms. The lowest BCUT2D eigenvalue weighted by Crippen LogP contribution is -2.43. The van der Waals surface area contributed by atoms with E-state index in [4.69, 9.17) is 4.74 Å². The number of hydrogen-bond donors (Lipinski definition) is 1. The van der Waals surface area contributed by atoms with Gasteiger partial charge in [0.2, 0.25) is 0 Å². The molecule has 0 aliphatic carbocycles. The van der Waals surface area contributed by atoms with E-state index in [0.717, 1.165) is 13.0 Å². The Kier molecular flexibility index (Phi) is 3.53. The number of piperidine rings is 1. The third-order valence-electron chi connectivity index (χ3n) is 2.27. The quantitative estimate of drug-likeness (QED) is 0.632. The first-order valence-corrected chi connectivity index (χ1v) is 4.61. The smallest absolute Gasteiger partial charge is 0.302 e. The zero-order chi connectivity index (χ0) is 8.97. The fourth-order valence-corrected chi connectivity index (χ4v) is 1.62. The van der Waals surface area contributed by atoms with E-state index in [0.29, 0.717) is 6.04 Å². The summed E-state index contributed by atoms with van der Waals surface area (Å²) >= 11 is 0. The molecule has 1 fully saturated rings. The molecule has 0 amide bonds. The fourth-order valence-electron chi connectivity index (χ4n) is 1.62. The van der Waals surface area contributed by atoms with Crippen LogP contribution in [-0.2, 0) is 9.53 Å². The van der Waals surface area contributed by atoms with Crippen molar-refractivity contribution in [3.05, 3.63) is 0 Å². The van der Waals surface area contributed by atoms with Crippen LogP contribution in [0.1, 0.15) is 33.1 Å². The molecule has 3 nitrogen and oxygen atoms in total. The normalized spacial score (nSPS) is 26.3.